The molecule has 0 unspecified atom stereocenters. The predicted octanol–water partition coefficient (Wildman–Crippen LogP) is 0.262. The molecule has 1 aromatic carbocycles. The smallest absolute Gasteiger partial charge is 0.423 e. The monoisotopic (exact) mass is 316 g/mol. The molecule has 22 heavy (non-hydrogen) atoms. The van der Waals surface area contributed by atoms with Gasteiger partial charge in [-0.25, -0.2) is 17.4 Å². The van der Waals surface area contributed by atoms with Crippen molar-refractivity contribution < 1.29 is 18.5 Å². The third kappa shape index (κ3) is 2.21. The summed E-state index contributed by atoms with van der Waals surface area (Å²) >= 11 is 0. The Labute approximate surface area is 127 Å². The van der Waals surface area contributed by atoms with Gasteiger partial charge in [0.15, 0.2) is 5.65 Å². The normalized spacial score (nSPS) is 11.8. The molecule has 0 aliphatic rings. The van der Waals surface area contributed by atoms with Crippen molar-refractivity contribution in [2.45, 2.75) is 11.8 Å². The molecule has 2 aromatic heterocycles. The van der Waals surface area contributed by atoms with Gasteiger partial charge in [0.1, 0.15) is 0 Å². The molecule has 0 aliphatic heterocycles. The molecular formula is C14H13BN2O4S. The van der Waals surface area contributed by atoms with Gasteiger partial charge in [-0.15, -0.1) is 0 Å². The van der Waals surface area contributed by atoms with E-state index >= 15 is 0 Å². The van der Waals surface area contributed by atoms with Crippen molar-refractivity contribution in [1.29, 1.82) is 0 Å². The third-order valence-corrected chi connectivity index (χ3v) is 5.24. The van der Waals surface area contributed by atoms with Gasteiger partial charge < -0.3 is 10.0 Å². The summed E-state index contributed by atoms with van der Waals surface area (Å²) in [7, 11) is -5.50. The van der Waals surface area contributed by atoms with E-state index in [1.165, 1.54) is 24.4 Å². The summed E-state index contributed by atoms with van der Waals surface area (Å²) in [5, 5.41) is 19.2. The molecule has 2 N–H and O–H groups in total. The second kappa shape index (κ2) is 5.24. The van der Waals surface area contributed by atoms with E-state index in [2.05, 4.69) is 4.98 Å². The van der Waals surface area contributed by atoms with Crippen molar-refractivity contribution in [3.63, 3.8) is 0 Å². The molecule has 0 spiro atoms. The number of pyridine rings is 1. The molecule has 0 radical (unpaired) electrons. The van der Waals surface area contributed by atoms with E-state index in [0.29, 0.717) is 11.1 Å². The fourth-order valence-electron chi connectivity index (χ4n) is 2.45. The lowest BCUT2D eigenvalue weighted by Crippen LogP contribution is -2.30. The number of rotatable bonds is 3. The first-order valence-corrected chi connectivity index (χ1v) is 8.00. The van der Waals surface area contributed by atoms with Gasteiger partial charge in [-0.05, 0) is 36.7 Å². The van der Waals surface area contributed by atoms with Gasteiger partial charge in [-0.1, -0.05) is 18.2 Å². The van der Waals surface area contributed by atoms with Crippen LogP contribution in [0.5, 0.6) is 0 Å². The molecule has 0 atom stereocenters. The molecule has 6 nitrogen and oxygen atoms in total. The average Bonchev–Trinajstić information content (AvgIpc) is 2.84. The van der Waals surface area contributed by atoms with E-state index < -0.39 is 17.1 Å². The topological polar surface area (TPSA) is 92.4 Å². The predicted molar refractivity (Wildman–Crippen MR) is 83.3 cm³/mol. The van der Waals surface area contributed by atoms with Crippen LogP contribution in [0.3, 0.4) is 0 Å². The second-order valence-electron chi connectivity index (χ2n) is 4.88. The first-order valence-electron chi connectivity index (χ1n) is 6.56. The first kappa shape index (κ1) is 14.8. The highest BCUT2D eigenvalue weighted by molar-refractivity contribution is 7.90. The van der Waals surface area contributed by atoms with Crippen molar-refractivity contribution in [2.75, 3.05) is 0 Å². The van der Waals surface area contributed by atoms with Gasteiger partial charge in [0.25, 0.3) is 10.0 Å². The summed E-state index contributed by atoms with van der Waals surface area (Å²) < 4.78 is 26.7. The minimum atomic E-state index is -3.80. The Kier molecular flexibility index (Phi) is 3.52. The standard InChI is InChI=1S/C14H13BN2O4S/c1-10-9-12-13(15(18)19)7-8-16-14(12)17(10)22(20,21)11-5-3-2-4-6-11/h2-9,18-19H,1H3. The molecule has 0 saturated carbocycles. The molecule has 3 rings (SSSR count). The zero-order chi connectivity index (χ0) is 15.9. The first-order chi connectivity index (χ1) is 10.4. The summed E-state index contributed by atoms with van der Waals surface area (Å²) in [6.45, 7) is 1.63. The second-order valence-corrected chi connectivity index (χ2v) is 6.67. The van der Waals surface area contributed by atoms with Crippen LogP contribution in [0.2, 0.25) is 0 Å². The van der Waals surface area contributed by atoms with Crippen molar-refractivity contribution in [1.82, 2.24) is 8.96 Å². The van der Waals surface area contributed by atoms with E-state index in [1.807, 2.05) is 0 Å². The summed E-state index contributed by atoms with van der Waals surface area (Å²) in [5.41, 5.74) is 0.835. The number of benzene rings is 1. The van der Waals surface area contributed by atoms with Crippen LogP contribution < -0.4 is 5.46 Å². The maximum Gasteiger partial charge on any atom is 0.489 e. The van der Waals surface area contributed by atoms with Gasteiger partial charge in [-0.3, -0.25) is 0 Å². The summed E-state index contributed by atoms with van der Waals surface area (Å²) in [6, 6.07) is 11.1. The quantitative estimate of drug-likeness (QED) is 0.676. The summed E-state index contributed by atoms with van der Waals surface area (Å²) in [5.74, 6) is 0. The van der Waals surface area contributed by atoms with E-state index in [-0.39, 0.29) is 16.0 Å². The molecule has 8 heteroatoms. The highest BCUT2D eigenvalue weighted by Gasteiger charge is 2.25. The van der Waals surface area contributed by atoms with E-state index in [4.69, 9.17) is 0 Å². The number of fused-ring (bicyclic) bond motifs is 1. The van der Waals surface area contributed by atoms with Gasteiger partial charge >= 0.3 is 7.12 Å². The van der Waals surface area contributed by atoms with Crippen LogP contribution in [-0.2, 0) is 10.0 Å². The SMILES string of the molecule is Cc1cc2c(B(O)O)ccnc2n1S(=O)(=O)c1ccccc1. The lowest BCUT2D eigenvalue weighted by Gasteiger charge is -2.09. The van der Waals surface area contributed by atoms with Crippen molar-refractivity contribution in [2.24, 2.45) is 0 Å². The van der Waals surface area contributed by atoms with Crippen LogP contribution in [0, 0.1) is 6.92 Å². The molecule has 0 aliphatic carbocycles. The van der Waals surface area contributed by atoms with Crippen LogP contribution in [0.15, 0.2) is 53.6 Å². The van der Waals surface area contributed by atoms with E-state index in [0.717, 1.165) is 3.97 Å². The Hall–Kier alpha value is -2.16. The van der Waals surface area contributed by atoms with E-state index in [1.54, 1.807) is 31.2 Å². The number of hydrogen-bond donors (Lipinski definition) is 2. The maximum atomic E-state index is 12.8. The van der Waals surface area contributed by atoms with Crippen LogP contribution in [-0.4, -0.2) is 34.5 Å². The summed E-state index contributed by atoms with van der Waals surface area (Å²) in [6.07, 6.45) is 1.35. The number of nitrogens with zero attached hydrogens (tertiary/aromatic N) is 2. The van der Waals surface area contributed by atoms with Gasteiger partial charge in [0.2, 0.25) is 0 Å². The highest BCUT2D eigenvalue weighted by atomic mass is 32.2. The molecule has 0 fully saturated rings. The van der Waals surface area contributed by atoms with Gasteiger partial charge in [0, 0.05) is 17.3 Å². The summed E-state index contributed by atoms with van der Waals surface area (Å²) in [4.78, 5) is 4.24. The largest absolute Gasteiger partial charge is 0.489 e. The van der Waals surface area contributed by atoms with Crippen LogP contribution >= 0.6 is 0 Å². The third-order valence-electron chi connectivity index (χ3n) is 3.43. The molecule has 2 heterocycles. The average molecular weight is 316 g/mol. The Bertz CT molecular complexity index is 936. The Morgan fingerprint density at radius 1 is 1.14 bits per heavy atom. The van der Waals surface area contributed by atoms with Crippen LogP contribution in [0.4, 0.5) is 0 Å². The van der Waals surface area contributed by atoms with Gasteiger partial charge in [0.05, 0.1) is 4.90 Å². The fourth-order valence-corrected chi connectivity index (χ4v) is 3.96. The Balaban J connectivity index is 2.33. The molecule has 3 aromatic rings. The van der Waals surface area contributed by atoms with Crippen molar-refractivity contribution in [3.8, 4) is 0 Å². The zero-order valence-electron chi connectivity index (χ0n) is 11.7. The zero-order valence-corrected chi connectivity index (χ0v) is 12.5. The number of aromatic nitrogens is 2. The van der Waals surface area contributed by atoms with E-state index in [9.17, 15) is 18.5 Å². The number of hydrogen-bond acceptors (Lipinski definition) is 5. The molecular weight excluding hydrogens is 303 g/mol. The van der Waals surface area contributed by atoms with Crippen molar-refractivity contribution >= 4 is 33.6 Å². The lowest BCUT2D eigenvalue weighted by atomic mass is 9.79. The van der Waals surface area contributed by atoms with Gasteiger partial charge in [-0.2, -0.15) is 0 Å². The molecule has 0 amide bonds. The van der Waals surface area contributed by atoms with Crippen LogP contribution in [0.25, 0.3) is 11.0 Å². The maximum absolute atomic E-state index is 12.8. The highest BCUT2D eigenvalue weighted by Crippen LogP contribution is 2.23. The van der Waals surface area contributed by atoms with Crippen LogP contribution in [0.1, 0.15) is 5.69 Å². The molecule has 0 saturated heterocycles. The molecule has 112 valence electrons. The van der Waals surface area contributed by atoms with Crippen molar-refractivity contribution in [3.05, 3.63) is 54.4 Å². The minimum absolute atomic E-state index is 0.146. The minimum Gasteiger partial charge on any atom is -0.423 e. The fraction of sp³-hybridized carbons (Fsp3) is 0.0714. The number of aryl methyl sites for hydroxylation is 1. The Morgan fingerprint density at radius 3 is 2.45 bits per heavy atom. The lowest BCUT2D eigenvalue weighted by molar-refractivity contribution is 0.426. The Morgan fingerprint density at radius 2 is 1.82 bits per heavy atom. The molecule has 0 bridgehead atoms.